The van der Waals surface area contributed by atoms with E-state index in [-0.39, 0.29) is 12.4 Å². The molecule has 0 bridgehead atoms. The standard InChI is InChI=1S/C6H11Cl3O2Si/c1-2-4-11-6(10)3-5-12(7,8)9/h2-5H2,1H3. The molecule has 72 valence electrons. The highest BCUT2D eigenvalue weighted by atomic mass is 35.8. The molecule has 0 fully saturated rings. The maximum Gasteiger partial charge on any atom is 0.341 e. The first-order valence-corrected chi connectivity index (χ1v) is 8.92. The molecular formula is C6H11Cl3O2Si. The van der Waals surface area contributed by atoms with Crippen LogP contribution in [0.3, 0.4) is 0 Å². The summed E-state index contributed by atoms with van der Waals surface area (Å²) in [5, 5.41) is 0. The Hall–Kier alpha value is 0.557. The predicted octanol–water partition coefficient (Wildman–Crippen LogP) is 2.99. The molecule has 0 atom stereocenters. The van der Waals surface area contributed by atoms with Gasteiger partial charge in [-0.15, -0.1) is 33.2 Å². The first-order chi connectivity index (χ1) is 5.45. The van der Waals surface area contributed by atoms with E-state index in [4.69, 9.17) is 38.0 Å². The first-order valence-electron chi connectivity index (χ1n) is 3.68. The van der Waals surface area contributed by atoms with Crippen LogP contribution in [0.2, 0.25) is 6.04 Å². The van der Waals surface area contributed by atoms with Gasteiger partial charge in [0.25, 0.3) is 0 Å². The van der Waals surface area contributed by atoms with Crippen LogP contribution in [0.15, 0.2) is 0 Å². The van der Waals surface area contributed by atoms with Gasteiger partial charge in [-0.1, -0.05) is 6.92 Å². The Morgan fingerprint density at radius 2 is 2.00 bits per heavy atom. The van der Waals surface area contributed by atoms with E-state index in [1.165, 1.54) is 0 Å². The maximum absolute atomic E-state index is 10.9. The molecule has 0 aliphatic heterocycles. The summed E-state index contributed by atoms with van der Waals surface area (Å²) >= 11 is 16.7. The van der Waals surface area contributed by atoms with E-state index >= 15 is 0 Å². The number of carbonyl (C=O) groups is 1. The van der Waals surface area contributed by atoms with E-state index in [0.717, 1.165) is 6.42 Å². The minimum Gasteiger partial charge on any atom is -0.466 e. The maximum atomic E-state index is 10.9. The van der Waals surface area contributed by atoms with Gasteiger partial charge in [-0.3, -0.25) is 4.79 Å². The zero-order valence-electron chi connectivity index (χ0n) is 6.78. The number of ether oxygens (including phenoxy) is 1. The molecule has 2 nitrogen and oxygen atoms in total. The third-order valence-corrected chi connectivity index (χ3v) is 3.60. The fraction of sp³-hybridized carbons (Fsp3) is 0.833. The van der Waals surface area contributed by atoms with Crippen molar-refractivity contribution < 1.29 is 9.53 Å². The van der Waals surface area contributed by atoms with Crippen molar-refractivity contribution in [2.45, 2.75) is 25.8 Å². The topological polar surface area (TPSA) is 26.3 Å². The van der Waals surface area contributed by atoms with E-state index in [0.29, 0.717) is 12.7 Å². The molecule has 0 aromatic carbocycles. The fourth-order valence-corrected chi connectivity index (χ4v) is 1.87. The van der Waals surface area contributed by atoms with Crippen LogP contribution in [0.25, 0.3) is 0 Å². The molecule has 0 rings (SSSR count). The Balaban J connectivity index is 3.44. The van der Waals surface area contributed by atoms with Crippen LogP contribution in [0.5, 0.6) is 0 Å². The van der Waals surface area contributed by atoms with Crippen LogP contribution in [0.1, 0.15) is 19.8 Å². The lowest BCUT2D eigenvalue weighted by atomic mass is 10.5. The second kappa shape index (κ2) is 6.08. The van der Waals surface area contributed by atoms with Crippen molar-refractivity contribution in [1.82, 2.24) is 0 Å². The summed E-state index contributed by atoms with van der Waals surface area (Å²) in [6.45, 7) is 2.37. The monoisotopic (exact) mass is 248 g/mol. The van der Waals surface area contributed by atoms with Crippen molar-refractivity contribution in [3.8, 4) is 0 Å². The SMILES string of the molecule is CCCOC(=O)CC[Si](Cl)(Cl)Cl. The number of halogens is 3. The number of hydrogen-bond donors (Lipinski definition) is 0. The Kier molecular flexibility index (Phi) is 6.36. The molecule has 0 saturated carbocycles. The van der Waals surface area contributed by atoms with Crippen molar-refractivity contribution in [3.05, 3.63) is 0 Å². The highest BCUT2D eigenvalue weighted by molar-refractivity contribution is 7.64. The number of carbonyl (C=O) groups excluding carboxylic acids is 1. The second-order valence-corrected chi connectivity index (χ2v) is 11.6. The third-order valence-electron chi connectivity index (χ3n) is 1.08. The van der Waals surface area contributed by atoms with E-state index < -0.39 is 6.00 Å². The van der Waals surface area contributed by atoms with Crippen molar-refractivity contribution in [2.24, 2.45) is 0 Å². The lowest BCUT2D eigenvalue weighted by molar-refractivity contribution is -0.143. The Morgan fingerprint density at radius 1 is 1.42 bits per heavy atom. The molecule has 0 aromatic heterocycles. The normalized spacial score (nSPS) is 11.3. The lowest BCUT2D eigenvalue weighted by Crippen LogP contribution is -2.13. The lowest BCUT2D eigenvalue weighted by Gasteiger charge is -2.06. The average molecular weight is 250 g/mol. The van der Waals surface area contributed by atoms with Gasteiger partial charge in [0, 0.05) is 6.42 Å². The van der Waals surface area contributed by atoms with Gasteiger partial charge in [-0.25, -0.2) is 0 Å². The Morgan fingerprint density at radius 3 is 2.42 bits per heavy atom. The van der Waals surface area contributed by atoms with Gasteiger partial charge < -0.3 is 4.74 Å². The van der Waals surface area contributed by atoms with Gasteiger partial charge in [-0.2, -0.15) is 0 Å². The quantitative estimate of drug-likeness (QED) is 0.425. The minimum atomic E-state index is -2.64. The van der Waals surface area contributed by atoms with Crippen LogP contribution in [0.4, 0.5) is 0 Å². The second-order valence-electron chi connectivity index (χ2n) is 2.34. The van der Waals surface area contributed by atoms with Crippen LogP contribution in [0, 0.1) is 0 Å². The van der Waals surface area contributed by atoms with E-state index in [1.807, 2.05) is 6.92 Å². The summed E-state index contributed by atoms with van der Waals surface area (Å²) in [5.41, 5.74) is 0. The number of esters is 1. The number of rotatable bonds is 5. The molecule has 0 aliphatic rings. The van der Waals surface area contributed by atoms with Crippen molar-refractivity contribution in [1.29, 1.82) is 0 Å². The molecule has 0 radical (unpaired) electrons. The van der Waals surface area contributed by atoms with Crippen LogP contribution < -0.4 is 0 Å². The summed E-state index contributed by atoms with van der Waals surface area (Å²) < 4.78 is 4.79. The van der Waals surface area contributed by atoms with E-state index in [1.54, 1.807) is 0 Å². The van der Waals surface area contributed by atoms with Gasteiger partial charge in [0.1, 0.15) is 0 Å². The van der Waals surface area contributed by atoms with Gasteiger partial charge in [0.2, 0.25) is 0 Å². The molecule has 0 spiro atoms. The van der Waals surface area contributed by atoms with Crippen LogP contribution >= 0.6 is 33.2 Å². The summed E-state index contributed by atoms with van der Waals surface area (Å²) in [4.78, 5) is 10.9. The fourth-order valence-electron chi connectivity index (χ4n) is 0.532. The van der Waals surface area contributed by atoms with E-state index in [9.17, 15) is 4.79 Å². The predicted molar refractivity (Wildman–Crippen MR) is 54.0 cm³/mol. The average Bonchev–Trinajstić information content (AvgIpc) is 1.95. The molecule has 0 aliphatic carbocycles. The largest absolute Gasteiger partial charge is 0.466 e. The summed E-state index contributed by atoms with van der Waals surface area (Å²) in [5.74, 6) is -0.282. The highest BCUT2D eigenvalue weighted by Crippen LogP contribution is 2.26. The zero-order valence-corrected chi connectivity index (χ0v) is 10.0. The zero-order chi connectivity index (χ0) is 9.61. The van der Waals surface area contributed by atoms with Gasteiger partial charge in [0.15, 0.2) is 0 Å². The first kappa shape index (κ1) is 12.6. The molecule has 0 amide bonds. The third kappa shape index (κ3) is 8.65. The summed E-state index contributed by atoms with van der Waals surface area (Å²) in [6.07, 6.45) is 1.03. The molecule has 0 aromatic rings. The van der Waals surface area contributed by atoms with Crippen molar-refractivity contribution >= 4 is 45.2 Å². The van der Waals surface area contributed by atoms with Gasteiger partial charge >= 0.3 is 12.0 Å². The Labute approximate surface area is 87.2 Å². The molecule has 0 saturated heterocycles. The molecule has 0 unspecified atom stereocenters. The molecule has 6 heteroatoms. The van der Waals surface area contributed by atoms with E-state index in [2.05, 4.69) is 0 Å². The summed E-state index contributed by atoms with van der Waals surface area (Å²) in [6, 6.07) is -2.31. The van der Waals surface area contributed by atoms with Gasteiger partial charge in [0.05, 0.1) is 6.61 Å². The highest BCUT2D eigenvalue weighted by Gasteiger charge is 2.25. The minimum absolute atomic E-state index is 0.211. The van der Waals surface area contributed by atoms with Crippen molar-refractivity contribution in [2.75, 3.05) is 6.61 Å². The van der Waals surface area contributed by atoms with Crippen LogP contribution in [-0.4, -0.2) is 18.6 Å². The molecule has 0 N–H and O–H groups in total. The van der Waals surface area contributed by atoms with Gasteiger partial charge in [-0.05, 0) is 12.5 Å². The summed E-state index contributed by atoms with van der Waals surface area (Å²) in [7, 11) is 0. The molecule has 12 heavy (non-hydrogen) atoms. The molecule has 0 heterocycles. The smallest absolute Gasteiger partial charge is 0.341 e. The van der Waals surface area contributed by atoms with Crippen LogP contribution in [-0.2, 0) is 9.53 Å². The van der Waals surface area contributed by atoms with Crippen molar-refractivity contribution in [3.63, 3.8) is 0 Å². The number of hydrogen-bond acceptors (Lipinski definition) is 2. The molecular weight excluding hydrogens is 239 g/mol. The Bertz CT molecular complexity index is 146.